The van der Waals surface area contributed by atoms with Gasteiger partial charge in [0.1, 0.15) is 0 Å². The Morgan fingerprint density at radius 2 is 1.88 bits per heavy atom. The number of fused-ring (bicyclic) bond motifs is 1. The van der Waals surface area contributed by atoms with E-state index in [1.165, 1.54) is 54.1 Å². The third-order valence-corrected chi connectivity index (χ3v) is 7.31. The molecule has 1 saturated heterocycles. The Hall–Kier alpha value is -3.34. The second-order valence-corrected chi connectivity index (χ2v) is 9.26. The van der Waals surface area contributed by atoms with Crippen molar-refractivity contribution in [3.8, 4) is 0 Å². The lowest BCUT2D eigenvalue weighted by Crippen LogP contribution is -2.36. The summed E-state index contributed by atoms with van der Waals surface area (Å²) in [6.07, 6.45) is 9.68. The molecule has 0 spiro atoms. The topological polar surface area (TPSA) is 56.7 Å². The van der Waals surface area contributed by atoms with E-state index in [0.717, 1.165) is 31.2 Å². The highest BCUT2D eigenvalue weighted by Gasteiger charge is 2.22. The molecule has 0 bridgehead atoms. The van der Waals surface area contributed by atoms with Crippen LogP contribution in [-0.2, 0) is 12.8 Å². The van der Waals surface area contributed by atoms with E-state index in [4.69, 9.17) is 0 Å². The number of pyridine rings is 1. The summed E-state index contributed by atoms with van der Waals surface area (Å²) >= 11 is 0. The average Bonchev–Trinajstić information content (AvgIpc) is 2.81. The first-order valence-corrected chi connectivity index (χ1v) is 12.0. The summed E-state index contributed by atoms with van der Waals surface area (Å²) in [6.45, 7) is 2.33. The molecule has 0 unspecified atom stereocenters. The molecular weight excluding hydrogens is 410 g/mol. The summed E-state index contributed by atoms with van der Waals surface area (Å²) in [5.74, 6) is -0.409. The zero-order valence-electron chi connectivity index (χ0n) is 19.2. The lowest BCUT2D eigenvalue weighted by molar-refractivity contribution is 0.0695. The van der Waals surface area contributed by atoms with Crippen LogP contribution in [0.1, 0.15) is 58.6 Å². The molecule has 5 heteroatoms. The second kappa shape index (κ2) is 9.26. The fourth-order valence-corrected chi connectivity index (χ4v) is 5.19. The third-order valence-electron chi connectivity index (χ3n) is 7.31. The summed E-state index contributed by atoms with van der Waals surface area (Å²) in [5, 5.41) is 9.46. The quantitative estimate of drug-likeness (QED) is 0.501. The van der Waals surface area contributed by atoms with Gasteiger partial charge in [0.15, 0.2) is 0 Å². The van der Waals surface area contributed by atoms with Crippen molar-refractivity contribution in [2.75, 3.05) is 29.9 Å². The number of nitrogens with zero attached hydrogens (tertiary/aromatic N) is 3. The van der Waals surface area contributed by atoms with Crippen LogP contribution < -0.4 is 9.80 Å². The highest BCUT2D eigenvalue weighted by Crippen LogP contribution is 2.38. The molecule has 3 aromatic rings. The minimum Gasteiger partial charge on any atom is -0.478 e. The van der Waals surface area contributed by atoms with Crippen LogP contribution in [0.25, 0.3) is 0 Å². The Balaban J connectivity index is 1.30. The average molecular weight is 442 g/mol. The molecule has 5 rings (SSSR count). The zero-order valence-corrected chi connectivity index (χ0v) is 19.2. The number of aryl methyl sites for hydroxylation is 2. The van der Waals surface area contributed by atoms with Gasteiger partial charge in [0, 0.05) is 49.6 Å². The third kappa shape index (κ3) is 4.45. The second-order valence-electron chi connectivity index (χ2n) is 9.26. The highest BCUT2D eigenvalue weighted by molar-refractivity contribution is 5.89. The van der Waals surface area contributed by atoms with Crippen LogP contribution in [0.2, 0.25) is 0 Å². The first-order valence-electron chi connectivity index (χ1n) is 12.0. The van der Waals surface area contributed by atoms with Crippen LogP contribution in [0, 0.1) is 0 Å². The van der Waals surface area contributed by atoms with E-state index in [-0.39, 0.29) is 0 Å². The van der Waals surface area contributed by atoms with Gasteiger partial charge in [-0.2, -0.15) is 0 Å². The molecule has 33 heavy (non-hydrogen) atoms. The first kappa shape index (κ1) is 21.5. The molecule has 0 radical (unpaired) electrons. The first-order chi connectivity index (χ1) is 16.1. The predicted molar refractivity (Wildman–Crippen MR) is 133 cm³/mol. The molecule has 5 nitrogen and oxygen atoms in total. The molecular formula is C28H31N3O2. The van der Waals surface area contributed by atoms with Gasteiger partial charge in [-0.15, -0.1) is 0 Å². The lowest BCUT2D eigenvalue weighted by Gasteiger charge is -2.33. The summed E-state index contributed by atoms with van der Waals surface area (Å²) in [5.41, 5.74) is 7.78. The van der Waals surface area contributed by atoms with Crippen molar-refractivity contribution in [1.82, 2.24) is 4.98 Å². The van der Waals surface area contributed by atoms with Gasteiger partial charge < -0.3 is 14.9 Å². The van der Waals surface area contributed by atoms with E-state index in [1.807, 2.05) is 0 Å². The van der Waals surface area contributed by atoms with Gasteiger partial charge in [0.2, 0.25) is 0 Å². The number of rotatable bonds is 7. The summed E-state index contributed by atoms with van der Waals surface area (Å²) in [7, 11) is 2.14. The Labute approximate surface area is 195 Å². The van der Waals surface area contributed by atoms with Gasteiger partial charge in [-0.25, -0.2) is 4.79 Å². The molecule has 2 aromatic carbocycles. The monoisotopic (exact) mass is 441 g/mol. The molecule has 1 N–H and O–H groups in total. The zero-order chi connectivity index (χ0) is 22.8. The molecule has 1 atom stereocenters. The Morgan fingerprint density at radius 1 is 1.09 bits per heavy atom. The molecule has 1 aliphatic carbocycles. The largest absolute Gasteiger partial charge is 0.478 e. The molecule has 0 amide bonds. The van der Waals surface area contributed by atoms with Gasteiger partial charge in [0.25, 0.3) is 0 Å². The maximum atomic E-state index is 11.5. The van der Waals surface area contributed by atoms with E-state index in [9.17, 15) is 9.90 Å². The van der Waals surface area contributed by atoms with Crippen LogP contribution in [0.3, 0.4) is 0 Å². The van der Waals surface area contributed by atoms with Crippen molar-refractivity contribution in [3.63, 3.8) is 0 Å². The number of carboxylic acids is 1. The molecule has 2 aliphatic rings. The van der Waals surface area contributed by atoms with Crippen LogP contribution in [0.4, 0.5) is 17.1 Å². The van der Waals surface area contributed by atoms with Gasteiger partial charge in [-0.1, -0.05) is 6.07 Å². The van der Waals surface area contributed by atoms with Crippen molar-refractivity contribution in [2.24, 2.45) is 0 Å². The minimum absolute atomic E-state index is 0.373. The van der Waals surface area contributed by atoms with Gasteiger partial charge in [-0.05, 0) is 104 Å². The number of anilines is 3. The van der Waals surface area contributed by atoms with E-state index in [0.29, 0.717) is 11.5 Å². The molecule has 1 fully saturated rings. The van der Waals surface area contributed by atoms with Crippen molar-refractivity contribution < 1.29 is 9.90 Å². The number of carbonyl (C=O) groups is 1. The van der Waals surface area contributed by atoms with Crippen LogP contribution >= 0.6 is 0 Å². The number of benzene rings is 2. The predicted octanol–water partition coefficient (Wildman–Crippen LogP) is 5.81. The fraction of sp³-hybridized carbons (Fsp3) is 0.357. The van der Waals surface area contributed by atoms with Gasteiger partial charge in [-0.3, -0.25) is 4.98 Å². The van der Waals surface area contributed by atoms with E-state index >= 15 is 0 Å². The Bertz CT molecular complexity index is 1140. The van der Waals surface area contributed by atoms with Crippen molar-refractivity contribution in [1.29, 1.82) is 0 Å². The highest BCUT2D eigenvalue weighted by atomic mass is 16.4. The molecule has 0 saturated carbocycles. The Morgan fingerprint density at radius 3 is 2.61 bits per heavy atom. The molecule has 170 valence electrons. The smallest absolute Gasteiger partial charge is 0.336 e. The van der Waals surface area contributed by atoms with E-state index in [2.05, 4.69) is 64.3 Å². The van der Waals surface area contributed by atoms with Crippen LogP contribution in [0.15, 0.2) is 60.9 Å². The SMILES string of the molecule is CN(c1ccc(N2CCC2)cc1)c1ccc2c(c1)CCC[C@H]2CCc1cnccc1C(=O)O. The number of aromatic carboxylic acids is 1. The van der Waals surface area contributed by atoms with Crippen molar-refractivity contribution >= 4 is 23.0 Å². The normalized spacial score (nSPS) is 17.2. The van der Waals surface area contributed by atoms with Crippen LogP contribution in [0.5, 0.6) is 0 Å². The fourth-order valence-electron chi connectivity index (χ4n) is 5.19. The van der Waals surface area contributed by atoms with Gasteiger partial charge >= 0.3 is 5.97 Å². The standard InChI is InChI=1S/C28H31N3O2/c1-30(23-8-10-24(11-9-23)31-16-3-17-31)25-12-13-26-20(4-2-5-21(26)18-25)6-7-22-19-29-15-14-27(22)28(32)33/h8-15,18-20H,2-7,16-17H2,1H3,(H,32,33)/t20-/m0/s1. The number of carboxylic acid groups (broad SMARTS) is 1. The van der Waals surface area contributed by atoms with Crippen molar-refractivity contribution in [3.05, 3.63) is 83.2 Å². The molecule has 1 aliphatic heterocycles. The number of hydrogen-bond acceptors (Lipinski definition) is 4. The Kier molecular flexibility index (Phi) is 6.03. The molecule has 1 aromatic heterocycles. The lowest BCUT2D eigenvalue weighted by atomic mass is 9.79. The number of aromatic nitrogens is 1. The maximum absolute atomic E-state index is 11.5. The summed E-state index contributed by atoms with van der Waals surface area (Å²) in [4.78, 5) is 20.3. The maximum Gasteiger partial charge on any atom is 0.336 e. The molecule has 2 heterocycles. The van der Waals surface area contributed by atoms with Gasteiger partial charge in [0.05, 0.1) is 5.56 Å². The van der Waals surface area contributed by atoms with Crippen molar-refractivity contribution in [2.45, 2.75) is 44.4 Å². The minimum atomic E-state index is -0.873. The number of hydrogen-bond donors (Lipinski definition) is 1. The summed E-state index contributed by atoms with van der Waals surface area (Å²) in [6, 6.07) is 17.3. The van der Waals surface area contributed by atoms with Crippen LogP contribution in [-0.4, -0.2) is 36.2 Å². The van der Waals surface area contributed by atoms with E-state index < -0.39 is 5.97 Å². The summed E-state index contributed by atoms with van der Waals surface area (Å²) < 4.78 is 0. The van der Waals surface area contributed by atoms with E-state index in [1.54, 1.807) is 18.5 Å².